The highest BCUT2D eigenvalue weighted by atomic mass is 15.2. The Bertz CT molecular complexity index is 301. The van der Waals surface area contributed by atoms with E-state index in [0.717, 1.165) is 17.9 Å². The van der Waals surface area contributed by atoms with Gasteiger partial charge >= 0.3 is 0 Å². The van der Waals surface area contributed by atoms with Crippen molar-refractivity contribution in [2.45, 2.75) is 84.2 Å². The van der Waals surface area contributed by atoms with Crippen molar-refractivity contribution >= 4 is 0 Å². The van der Waals surface area contributed by atoms with Crippen LogP contribution in [0.25, 0.3) is 0 Å². The molecule has 2 rings (SSSR count). The van der Waals surface area contributed by atoms with Crippen LogP contribution in [-0.4, -0.2) is 37.6 Å². The summed E-state index contributed by atoms with van der Waals surface area (Å²) in [6.45, 7) is 8.60. The van der Waals surface area contributed by atoms with Gasteiger partial charge in [-0.25, -0.2) is 0 Å². The first kappa shape index (κ1) is 17.3. The average Bonchev–Trinajstić information content (AvgIpc) is 2.46. The second-order valence-corrected chi connectivity index (χ2v) is 8.78. The molecule has 2 nitrogen and oxygen atoms in total. The Morgan fingerprint density at radius 3 is 2.24 bits per heavy atom. The maximum absolute atomic E-state index is 3.60. The van der Waals surface area contributed by atoms with Crippen molar-refractivity contribution in [2.75, 3.05) is 20.6 Å². The van der Waals surface area contributed by atoms with Crippen LogP contribution in [0, 0.1) is 17.3 Å². The third kappa shape index (κ3) is 4.69. The molecule has 21 heavy (non-hydrogen) atoms. The van der Waals surface area contributed by atoms with Gasteiger partial charge in [0, 0.05) is 18.6 Å². The molecule has 0 aliphatic heterocycles. The molecular formula is C19H38N2. The topological polar surface area (TPSA) is 15.3 Å². The van der Waals surface area contributed by atoms with Crippen molar-refractivity contribution in [1.29, 1.82) is 0 Å². The summed E-state index contributed by atoms with van der Waals surface area (Å²) >= 11 is 0. The van der Waals surface area contributed by atoms with E-state index in [4.69, 9.17) is 0 Å². The molecule has 2 aliphatic carbocycles. The van der Waals surface area contributed by atoms with Crippen LogP contribution in [-0.2, 0) is 0 Å². The highest BCUT2D eigenvalue weighted by Gasteiger charge is 2.37. The second-order valence-electron chi connectivity index (χ2n) is 8.78. The molecule has 124 valence electrons. The summed E-state index contributed by atoms with van der Waals surface area (Å²) in [6.07, 6.45) is 11.4. The van der Waals surface area contributed by atoms with E-state index in [1.165, 1.54) is 57.9 Å². The van der Waals surface area contributed by atoms with Crippen molar-refractivity contribution in [2.24, 2.45) is 17.3 Å². The minimum Gasteiger partial charge on any atom is -0.315 e. The standard InChI is InChI=1S/C19H38N2/c1-19(2,3)16-11-12-17(20-4)18(13-16)21(5)14-15-9-7-6-8-10-15/h15-18,20H,6-14H2,1-5H3. The first-order valence-corrected chi connectivity index (χ1v) is 9.29. The van der Waals surface area contributed by atoms with Crippen LogP contribution >= 0.6 is 0 Å². The third-order valence-electron chi connectivity index (χ3n) is 6.25. The van der Waals surface area contributed by atoms with Crippen molar-refractivity contribution in [1.82, 2.24) is 10.2 Å². The zero-order valence-electron chi connectivity index (χ0n) is 15.1. The molecule has 0 heterocycles. The van der Waals surface area contributed by atoms with Gasteiger partial charge in [0.25, 0.3) is 0 Å². The van der Waals surface area contributed by atoms with Gasteiger partial charge in [-0.2, -0.15) is 0 Å². The molecule has 2 heteroatoms. The van der Waals surface area contributed by atoms with E-state index in [1.807, 2.05) is 0 Å². The van der Waals surface area contributed by atoms with Crippen molar-refractivity contribution < 1.29 is 0 Å². The average molecular weight is 295 g/mol. The maximum atomic E-state index is 3.60. The van der Waals surface area contributed by atoms with Gasteiger partial charge in [-0.1, -0.05) is 40.0 Å². The Balaban J connectivity index is 1.95. The number of nitrogens with one attached hydrogen (secondary N) is 1. The summed E-state index contributed by atoms with van der Waals surface area (Å²) in [4.78, 5) is 2.70. The number of nitrogens with zero attached hydrogens (tertiary/aromatic N) is 1. The fourth-order valence-electron chi connectivity index (χ4n) is 4.67. The van der Waals surface area contributed by atoms with Gasteiger partial charge in [-0.05, 0) is 63.5 Å². The predicted molar refractivity (Wildman–Crippen MR) is 92.6 cm³/mol. The molecule has 0 amide bonds. The molecule has 3 unspecified atom stereocenters. The molecule has 0 spiro atoms. The van der Waals surface area contributed by atoms with E-state index < -0.39 is 0 Å². The SMILES string of the molecule is CNC1CCC(C(C)(C)C)CC1N(C)CC1CCCCC1. The Morgan fingerprint density at radius 1 is 1.00 bits per heavy atom. The van der Waals surface area contributed by atoms with Gasteiger partial charge in [-0.3, -0.25) is 0 Å². The maximum Gasteiger partial charge on any atom is 0.0249 e. The summed E-state index contributed by atoms with van der Waals surface area (Å²) in [5.74, 6) is 1.83. The normalized spacial score (nSPS) is 32.6. The fourth-order valence-corrected chi connectivity index (χ4v) is 4.67. The lowest BCUT2D eigenvalue weighted by molar-refractivity contribution is 0.0627. The van der Waals surface area contributed by atoms with E-state index in [1.54, 1.807) is 0 Å². The molecular weight excluding hydrogens is 256 g/mol. The molecule has 0 aromatic rings. The van der Waals surface area contributed by atoms with Gasteiger partial charge < -0.3 is 10.2 Å². The summed E-state index contributed by atoms with van der Waals surface area (Å²) < 4.78 is 0. The van der Waals surface area contributed by atoms with Gasteiger partial charge in [0.05, 0.1) is 0 Å². The largest absolute Gasteiger partial charge is 0.315 e. The summed E-state index contributed by atoms with van der Waals surface area (Å²) in [5, 5.41) is 3.60. The first-order chi connectivity index (χ1) is 9.91. The number of rotatable bonds is 4. The Kier molecular flexibility index (Phi) is 6.14. The molecule has 2 aliphatic rings. The summed E-state index contributed by atoms with van der Waals surface area (Å²) in [5.41, 5.74) is 0.461. The second kappa shape index (κ2) is 7.46. The number of hydrogen-bond donors (Lipinski definition) is 1. The minimum atomic E-state index is 0.461. The zero-order valence-corrected chi connectivity index (χ0v) is 15.1. The van der Waals surface area contributed by atoms with E-state index in [-0.39, 0.29) is 0 Å². The Morgan fingerprint density at radius 2 is 1.67 bits per heavy atom. The zero-order chi connectivity index (χ0) is 15.5. The van der Waals surface area contributed by atoms with E-state index in [9.17, 15) is 0 Å². The van der Waals surface area contributed by atoms with Gasteiger partial charge in [0.1, 0.15) is 0 Å². The third-order valence-corrected chi connectivity index (χ3v) is 6.25. The van der Waals surface area contributed by atoms with Gasteiger partial charge in [0.2, 0.25) is 0 Å². The highest BCUT2D eigenvalue weighted by Crippen LogP contribution is 2.39. The molecule has 0 saturated heterocycles. The monoisotopic (exact) mass is 294 g/mol. The Hall–Kier alpha value is -0.0800. The predicted octanol–water partition coefficient (Wildman–Crippen LogP) is 4.30. The molecule has 2 fully saturated rings. The first-order valence-electron chi connectivity index (χ1n) is 9.29. The van der Waals surface area contributed by atoms with Crippen LogP contribution in [0.3, 0.4) is 0 Å². The van der Waals surface area contributed by atoms with Crippen LogP contribution in [0.2, 0.25) is 0 Å². The van der Waals surface area contributed by atoms with E-state index in [0.29, 0.717) is 11.5 Å². The van der Waals surface area contributed by atoms with Crippen LogP contribution in [0.5, 0.6) is 0 Å². The van der Waals surface area contributed by atoms with Crippen molar-refractivity contribution in [3.63, 3.8) is 0 Å². The lowest BCUT2D eigenvalue weighted by Gasteiger charge is -2.46. The van der Waals surface area contributed by atoms with Gasteiger partial charge in [-0.15, -0.1) is 0 Å². The molecule has 0 bridgehead atoms. The van der Waals surface area contributed by atoms with Gasteiger partial charge in [0.15, 0.2) is 0 Å². The smallest absolute Gasteiger partial charge is 0.0249 e. The lowest BCUT2D eigenvalue weighted by atomic mass is 9.69. The number of hydrogen-bond acceptors (Lipinski definition) is 2. The van der Waals surface area contributed by atoms with E-state index >= 15 is 0 Å². The van der Waals surface area contributed by atoms with Crippen LogP contribution in [0.15, 0.2) is 0 Å². The summed E-state index contributed by atoms with van der Waals surface area (Å²) in [7, 11) is 4.54. The molecule has 0 aromatic heterocycles. The quantitative estimate of drug-likeness (QED) is 0.831. The molecule has 1 N–H and O–H groups in total. The van der Waals surface area contributed by atoms with E-state index in [2.05, 4.69) is 45.1 Å². The van der Waals surface area contributed by atoms with Crippen LogP contribution < -0.4 is 5.32 Å². The molecule has 2 saturated carbocycles. The molecule has 0 aromatic carbocycles. The van der Waals surface area contributed by atoms with Crippen LogP contribution in [0.4, 0.5) is 0 Å². The molecule has 0 radical (unpaired) electrons. The summed E-state index contributed by atoms with van der Waals surface area (Å²) in [6, 6.07) is 1.42. The van der Waals surface area contributed by atoms with Crippen molar-refractivity contribution in [3.05, 3.63) is 0 Å². The van der Waals surface area contributed by atoms with Crippen LogP contribution in [0.1, 0.15) is 72.1 Å². The molecule has 3 atom stereocenters. The fraction of sp³-hybridized carbons (Fsp3) is 1.00. The Labute approximate surface area is 133 Å². The number of likely N-dealkylation sites (N-methyl/N-ethyl adjacent to an activating group) is 2. The lowest BCUT2D eigenvalue weighted by Crippen LogP contribution is -2.53. The highest BCUT2D eigenvalue weighted by molar-refractivity contribution is 4.93. The van der Waals surface area contributed by atoms with Crippen molar-refractivity contribution in [3.8, 4) is 0 Å². The minimum absolute atomic E-state index is 0.461.